The Morgan fingerprint density at radius 1 is 1.35 bits per heavy atom. The third-order valence-electron chi connectivity index (χ3n) is 2.80. The fourth-order valence-corrected chi connectivity index (χ4v) is 1.85. The molecule has 1 rings (SSSR count). The van der Waals surface area contributed by atoms with Crippen LogP contribution >= 0.6 is 0 Å². The molecule has 0 saturated carbocycles. The standard InChI is InChI=1S/C13H21N3O/c1-17-12-6-3-7-13-15-9-11-16(13)10-5-2-4-8-14/h9,11H,2-7,10,12H2,1H3/p+1. The van der Waals surface area contributed by atoms with Crippen molar-refractivity contribution in [2.45, 2.75) is 45.1 Å². The molecule has 0 atom stereocenters. The second-order valence-corrected chi connectivity index (χ2v) is 4.17. The third-order valence-corrected chi connectivity index (χ3v) is 2.80. The number of imidazole rings is 1. The summed E-state index contributed by atoms with van der Waals surface area (Å²) < 4.78 is 7.29. The van der Waals surface area contributed by atoms with Crippen LogP contribution in [0.2, 0.25) is 0 Å². The molecule has 0 unspecified atom stereocenters. The Labute approximate surface area is 103 Å². The molecule has 0 radical (unpaired) electrons. The summed E-state index contributed by atoms with van der Waals surface area (Å²) in [5.74, 6) is 1.28. The van der Waals surface area contributed by atoms with Crippen LogP contribution < -0.4 is 4.57 Å². The van der Waals surface area contributed by atoms with Gasteiger partial charge in [0.2, 0.25) is 0 Å². The van der Waals surface area contributed by atoms with Gasteiger partial charge < -0.3 is 4.74 Å². The molecule has 0 aromatic carbocycles. The van der Waals surface area contributed by atoms with Crippen molar-refractivity contribution in [3.63, 3.8) is 0 Å². The van der Waals surface area contributed by atoms with Gasteiger partial charge in [-0.25, -0.2) is 9.55 Å². The van der Waals surface area contributed by atoms with Crippen molar-refractivity contribution < 1.29 is 9.30 Å². The van der Waals surface area contributed by atoms with Crippen molar-refractivity contribution in [1.82, 2.24) is 4.98 Å². The van der Waals surface area contributed by atoms with Gasteiger partial charge in [0.1, 0.15) is 12.4 Å². The van der Waals surface area contributed by atoms with E-state index in [9.17, 15) is 0 Å². The smallest absolute Gasteiger partial charge is 0.254 e. The van der Waals surface area contributed by atoms with Crippen molar-refractivity contribution in [1.29, 1.82) is 5.26 Å². The number of nitrogens with zero attached hydrogens (tertiary/aromatic N) is 2. The number of aryl methyl sites for hydroxylation is 2. The number of ether oxygens (including phenoxy) is 1. The molecule has 0 spiro atoms. The van der Waals surface area contributed by atoms with Crippen LogP contribution in [0.15, 0.2) is 12.4 Å². The molecular formula is C13H22N3O+. The number of nitriles is 1. The Balaban J connectivity index is 2.25. The number of nitrogens with one attached hydrogen (secondary N) is 1. The fourth-order valence-electron chi connectivity index (χ4n) is 1.85. The van der Waals surface area contributed by atoms with Gasteiger partial charge >= 0.3 is 0 Å². The third kappa shape index (κ3) is 5.50. The van der Waals surface area contributed by atoms with Gasteiger partial charge in [0.05, 0.1) is 12.6 Å². The summed E-state index contributed by atoms with van der Waals surface area (Å²) >= 11 is 0. The highest BCUT2D eigenvalue weighted by atomic mass is 16.5. The van der Waals surface area contributed by atoms with Crippen LogP contribution in [0.1, 0.15) is 37.9 Å². The highest BCUT2D eigenvalue weighted by molar-refractivity contribution is 4.77. The molecule has 0 saturated heterocycles. The highest BCUT2D eigenvalue weighted by Gasteiger charge is 2.09. The quantitative estimate of drug-likeness (QED) is 0.526. The van der Waals surface area contributed by atoms with Crippen molar-refractivity contribution in [3.8, 4) is 6.07 Å². The minimum atomic E-state index is 0.661. The second-order valence-electron chi connectivity index (χ2n) is 4.17. The van der Waals surface area contributed by atoms with Crippen LogP contribution in [0, 0.1) is 11.3 Å². The highest BCUT2D eigenvalue weighted by Crippen LogP contribution is 2.00. The van der Waals surface area contributed by atoms with Gasteiger partial charge in [-0.2, -0.15) is 5.26 Å². The minimum absolute atomic E-state index is 0.661. The summed E-state index contributed by atoms with van der Waals surface area (Å²) in [6.07, 6.45) is 10.1. The molecule has 1 aromatic heterocycles. The van der Waals surface area contributed by atoms with Crippen LogP contribution in [-0.2, 0) is 17.7 Å². The number of aromatic amines is 1. The lowest BCUT2D eigenvalue weighted by molar-refractivity contribution is -0.703. The molecule has 17 heavy (non-hydrogen) atoms. The Hall–Kier alpha value is -1.34. The van der Waals surface area contributed by atoms with Crippen LogP contribution in [-0.4, -0.2) is 18.7 Å². The number of H-pyrrole nitrogens is 1. The van der Waals surface area contributed by atoms with E-state index in [1.165, 1.54) is 5.82 Å². The van der Waals surface area contributed by atoms with E-state index >= 15 is 0 Å². The molecule has 0 fully saturated rings. The number of hydrogen-bond acceptors (Lipinski definition) is 2. The maximum absolute atomic E-state index is 8.47. The van der Waals surface area contributed by atoms with Gasteiger partial charge in [0, 0.05) is 26.6 Å². The molecule has 0 bridgehead atoms. The van der Waals surface area contributed by atoms with Gasteiger partial charge in [-0.15, -0.1) is 0 Å². The first kappa shape index (κ1) is 13.7. The van der Waals surface area contributed by atoms with Gasteiger partial charge in [-0.3, -0.25) is 0 Å². The van der Waals surface area contributed by atoms with E-state index in [2.05, 4.69) is 21.8 Å². The topological polar surface area (TPSA) is 52.7 Å². The van der Waals surface area contributed by atoms with Gasteiger partial charge in [0.15, 0.2) is 0 Å². The number of hydrogen-bond donors (Lipinski definition) is 1. The van der Waals surface area contributed by atoms with Crippen molar-refractivity contribution in [3.05, 3.63) is 18.2 Å². The van der Waals surface area contributed by atoms with Gasteiger partial charge in [0.25, 0.3) is 5.82 Å². The summed E-state index contributed by atoms with van der Waals surface area (Å²) in [4.78, 5) is 3.28. The summed E-state index contributed by atoms with van der Waals surface area (Å²) in [7, 11) is 1.74. The molecule has 0 aliphatic rings. The molecule has 1 N–H and O–H groups in total. The van der Waals surface area contributed by atoms with E-state index in [0.29, 0.717) is 6.42 Å². The number of rotatable bonds is 9. The lowest BCUT2D eigenvalue weighted by Crippen LogP contribution is -2.36. The Bertz CT molecular complexity index is 341. The zero-order chi connectivity index (χ0) is 12.3. The van der Waals surface area contributed by atoms with E-state index < -0.39 is 0 Å². The summed E-state index contributed by atoms with van der Waals surface area (Å²) in [6.45, 7) is 1.84. The Morgan fingerprint density at radius 2 is 2.24 bits per heavy atom. The SMILES string of the molecule is COCCCCc1[nH]cc[n+]1CCCCC#N. The predicted molar refractivity (Wildman–Crippen MR) is 65.3 cm³/mol. The van der Waals surface area contributed by atoms with Crippen molar-refractivity contribution in [2.24, 2.45) is 0 Å². The molecule has 0 aliphatic heterocycles. The number of unbranched alkanes of at least 4 members (excludes halogenated alkanes) is 3. The number of methoxy groups -OCH3 is 1. The first-order chi connectivity index (χ1) is 8.38. The first-order valence-electron chi connectivity index (χ1n) is 6.30. The molecule has 0 aliphatic carbocycles. The van der Waals surface area contributed by atoms with E-state index in [4.69, 9.17) is 10.00 Å². The first-order valence-corrected chi connectivity index (χ1v) is 6.30. The fraction of sp³-hybridized carbons (Fsp3) is 0.692. The minimum Gasteiger partial charge on any atom is -0.385 e. The van der Waals surface area contributed by atoms with Gasteiger partial charge in [-0.1, -0.05) is 0 Å². The molecule has 4 nitrogen and oxygen atoms in total. The van der Waals surface area contributed by atoms with Crippen molar-refractivity contribution >= 4 is 0 Å². The normalized spacial score (nSPS) is 10.4. The van der Waals surface area contributed by atoms with E-state index in [1.807, 2.05) is 6.20 Å². The molecule has 94 valence electrons. The molecule has 1 heterocycles. The molecule has 4 heteroatoms. The zero-order valence-electron chi connectivity index (χ0n) is 10.6. The Kier molecular flexibility index (Phi) is 7.08. The summed E-state index contributed by atoms with van der Waals surface area (Å²) in [5, 5.41) is 8.47. The predicted octanol–water partition coefficient (Wildman–Crippen LogP) is 1.97. The van der Waals surface area contributed by atoms with Crippen LogP contribution in [0.4, 0.5) is 0 Å². The van der Waals surface area contributed by atoms with Crippen LogP contribution in [0.3, 0.4) is 0 Å². The molecule has 0 amide bonds. The molecule has 1 aromatic rings. The average molecular weight is 236 g/mol. The maximum atomic E-state index is 8.47. The van der Waals surface area contributed by atoms with Crippen molar-refractivity contribution in [2.75, 3.05) is 13.7 Å². The second kappa shape index (κ2) is 8.77. The largest absolute Gasteiger partial charge is 0.385 e. The summed E-state index contributed by atoms with van der Waals surface area (Å²) in [5.41, 5.74) is 0. The summed E-state index contributed by atoms with van der Waals surface area (Å²) in [6, 6.07) is 2.18. The van der Waals surface area contributed by atoms with Crippen LogP contribution in [0.5, 0.6) is 0 Å². The van der Waals surface area contributed by atoms with E-state index in [1.54, 1.807) is 7.11 Å². The monoisotopic (exact) mass is 236 g/mol. The number of aromatic nitrogens is 2. The Morgan fingerprint density at radius 3 is 3.00 bits per heavy atom. The van der Waals surface area contributed by atoms with E-state index in [-0.39, 0.29) is 0 Å². The lowest BCUT2D eigenvalue weighted by atomic mass is 10.2. The maximum Gasteiger partial charge on any atom is 0.254 e. The lowest BCUT2D eigenvalue weighted by Gasteiger charge is -2.00. The van der Waals surface area contributed by atoms with Gasteiger partial charge in [-0.05, 0) is 25.7 Å². The van der Waals surface area contributed by atoms with Crippen LogP contribution in [0.25, 0.3) is 0 Å². The van der Waals surface area contributed by atoms with E-state index in [0.717, 1.165) is 45.3 Å². The average Bonchev–Trinajstić information content (AvgIpc) is 2.78. The zero-order valence-corrected chi connectivity index (χ0v) is 10.6. The molecular weight excluding hydrogens is 214 g/mol.